The highest BCUT2D eigenvalue weighted by Crippen LogP contribution is 2.36. The van der Waals surface area contributed by atoms with Crippen molar-refractivity contribution in [1.29, 1.82) is 0 Å². The maximum Gasteiger partial charge on any atom is 0.318 e. The number of ether oxygens (including phenoxy) is 2. The first-order valence-electron chi connectivity index (χ1n) is 7.49. The topological polar surface area (TPSA) is 50.8 Å². The number of nitrogens with one attached hydrogen (secondary N) is 1. The zero-order chi connectivity index (χ0) is 17.0. The molecule has 23 heavy (non-hydrogen) atoms. The molecule has 1 heterocycles. The lowest BCUT2D eigenvalue weighted by Gasteiger charge is -2.24. The second kappa shape index (κ2) is 7.59. The lowest BCUT2D eigenvalue weighted by Crippen LogP contribution is -2.45. The van der Waals surface area contributed by atoms with Gasteiger partial charge < -0.3 is 19.7 Å². The van der Waals surface area contributed by atoms with Crippen molar-refractivity contribution in [2.45, 2.75) is 26.3 Å². The summed E-state index contributed by atoms with van der Waals surface area (Å²) in [7, 11) is 1.46. The Morgan fingerprint density at radius 2 is 2.22 bits per heavy atom. The molecule has 128 valence electrons. The molecule has 1 N–H and O–H groups in total. The smallest absolute Gasteiger partial charge is 0.318 e. The molecule has 0 unspecified atom stereocenters. The van der Waals surface area contributed by atoms with Crippen molar-refractivity contribution in [2.24, 2.45) is 0 Å². The van der Waals surface area contributed by atoms with Crippen LogP contribution in [0.2, 0.25) is 0 Å². The second-order valence-corrected chi connectivity index (χ2v) is 5.57. The van der Waals surface area contributed by atoms with Crippen LogP contribution in [0.15, 0.2) is 12.1 Å². The SMILES string of the molecule is COCCN(CC(F)F)C(=O)N[C@@H]1COc2c1ccc(C)c2C. The Hall–Kier alpha value is -1.89. The zero-order valence-corrected chi connectivity index (χ0v) is 13.6. The molecular formula is C16H22F2N2O3. The first-order valence-corrected chi connectivity index (χ1v) is 7.49. The van der Waals surface area contributed by atoms with Gasteiger partial charge in [-0.3, -0.25) is 0 Å². The predicted octanol–water partition coefficient (Wildman–Crippen LogP) is 2.66. The number of urea groups is 1. The Morgan fingerprint density at radius 1 is 1.48 bits per heavy atom. The average Bonchev–Trinajstić information content (AvgIpc) is 2.90. The Morgan fingerprint density at radius 3 is 2.87 bits per heavy atom. The van der Waals surface area contributed by atoms with Crippen molar-refractivity contribution in [3.05, 3.63) is 28.8 Å². The van der Waals surface area contributed by atoms with Crippen LogP contribution in [0.5, 0.6) is 5.75 Å². The fourth-order valence-corrected chi connectivity index (χ4v) is 2.54. The molecule has 1 atom stereocenters. The van der Waals surface area contributed by atoms with E-state index in [-0.39, 0.29) is 19.2 Å². The van der Waals surface area contributed by atoms with Gasteiger partial charge in [0, 0.05) is 19.2 Å². The molecule has 7 heteroatoms. The van der Waals surface area contributed by atoms with Crippen LogP contribution in [0.4, 0.5) is 13.6 Å². The van der Waals surface area contributed by atoms with Crippen molar-refractivity contribution in [2.75, 3.05) is 33.4 Å². The number of benzene rings is 1. The van der Waals surface area contributed by atoms with Gasteiger partial charge in [-0.25, -0.2) is 13.6 Å². The van der Waals surface area contributed by atoms with E-state index in [0.29, 0.717) is 6.61 Å². The highest BCUT2D eigenvalue weighted by Gasteiger charge is 2.29. The molecule has 0 bridgehead atoms. The highest BCUT2D eigenvalue weighted by molar-refractivity contribution is 5.75. The minimum Gasteiger partial charge on any atom is -0.490 e. The van der Waals surface area contributed by atoms with Gasteiger partial charge in [0.15, 0.2) is 0 Å². The van der Waals surface area contributed by atoms with E-state index in [0.717, 1.165) is 27.3 Å². The molecular weight excluding hydrogens is 306 g/mol. The number of hydrogen-bond donors (Lipinski definition) is 1. The molecule has 1 aromatic rings. The normalized spacial score (nSPS) is 16.2. The molecule has 2 amide bonds. The van der Waals surface area contributed by atoms with Crippen LogP contribution < -0.4 is 10.1 Å². The Bertz CT molecular complexity index is 567. The summed E-state index contributed by atoms with van der Waals surface area (Å²) in [5, 5.41) is 2.77. The van der Waals surface area contributed by atoms with Crippen LogP contribution in [0.1, 0.15) is 22.7 Å². The molecule has 0 fully saturated rings. The van der Waals surface area contributed by atoms with Gasteiger partial charge >= 0.3 is 6.03 Å². The molecule has 0 spiro atoms. The molecule has 0 aromatic heterocycles. The van der Waals surface area contributed by atoms with Gasteiger partial charge in [-0.1, -0.05) is 12.1 Å². The molecule has 1 aromatic carbocycles. The number of aryl methyl sites for hydroxylation is 1. The average molecular weight is 328 g/mol. The summed E-state index contributed by atoms with van der Waals surface area (Å²) in [6.07, 6.45) is -2.59. The lowest BCUT2D eigenvalue weighted by atomic mass is 10.0. The summed E-state index contributed by atoms with van der Waals surface area (Å²) in [5.41, 5.74) is 3.02. The van der Waals surface area contributed by atoms with E-state index in [1.807, 2.05) is 26.0 Å². The largest absolute Gasteiger partial charge is 0.490 e. The van der Waals surface area contributed by atoms with Crippen LogP contribution in [-0.2, 0) is 4.74 Å². The predicted molar refractivity (Wildman–Crippen MR) is 82.1 cm³/mol. The van der Waals surface area contributed by atoms with E-state index in [1.165, 1.54) is 7.11 Å². The maximum atomic E-state index is 12.6. The van der Waals surface area contributed by atoms with Crippen molar-refractivity contribution in [3.63, 3.8) is 0 Å². The number of carbonyl (C=O) groups is 1. The molecule has 1 aliphatic rings. The van der Waals surface area contributed by atoms with E-state index in [2.05, 4.69) is 5.32 Å². The Labute approximate surface area is 134 Å². The van der Waals surface area contributed by atoms with Crippen molar-refractivity contribution < 1.29 is 23.0 Å². The van der Waals surface area contributed by atoms with Gasteiger partial charge in [0.2, 0.25) is 0 Å². The van der Waals surface area contributed by atoms with E-state index in [1.54, 1.807) is 0 Å². The van der Waals surface area contributed by atoms with Crippen molar-refractivity contribution in [3.8, 4) is 5.75 Å². The van der Waals surface area contributed by atoms with Gasteiger partial charge in [0.1, 0.15) is 12.4 Å². The number of amides is 2. The Kier molecular flexibility index (Phi) is 5.76. The number of fused-ring (bicyclic) bond motifs is 1. The summed E-state index contributed by atoms with van der Waals surface area (Å²) >= 11 is 0. The molecule has 0 saturated carbocycles. The van der Waals surface area contributed by atoms with Gasteiger partial charge in [-0.05, 0) is 25.0 Å². The molecule has 0 radical (unpaired) electrons. The van der Waals surface area contributed by atoms with Gasteiger partial charge in [0.05, 0.1) is 19.2 Å². The standard InChI is InChI=1S/C16H22F2N2O3/c1-10-4-5-12-13(9-23-15(12)11(10)2)19-16(21)20(6-7-22-3)8-14(17)18/h4-5,13-14H,6-9H2,1-3H3,(H,19,21)/t13-/m1/s1. The molecule has 0 aliphatic carbocycles. The third kappa shape index (κ3) is 4.10. The number of alkyl halides is 2. The number of rotatable bonds is 6. The molecule has 1 aliphatic heterocycles. The third-order valence-corrected chi connectivity index (χ3v) is 3.99. The summed E-state index contributed by atoms with van der Waals surface area (Å²) < 4.78 is 35.8. The van der Waals surface area contributed by atoms with Gasteiger partial charge in [-0.2, -0.15) is 0 Å². The van der Waals surface area contributed by atoms with Gasteiger partial charge in [-0.15, -0.1) is 0 Å². The first kappa shape index (κ1) is 17.5. The second-order valence-electron chi connectivity index (χ2n) is 5.57. The first-order chi connectivity index (χ1) is 10.9. The number of methoxy groups -OCH3 is 1. The number of hydrogen-bond acceptors (Lipinski definition) is 3. The van der Waals surface area contributed by atoms with Crippen LogP contribution in [0, 0.1) is 13.8 Å². The summed E-state index contributed by atoms with van der Waals surface area (Å²) in [6, 6.07) is 2.99. The van der Waals surface area contributed by atoms with E-state index < -0.39 is 19.0 Å². The molecule has 2 rings (SSSR count). The summed E-state index contributed by atoms with van der Waals surface area (Å²) in [6.45, 7) is 3.94. The van der Waals surface area contributed by atoms with Crippen molar-refractivity contribution in [1.82, 2.24) is 10.2 Å². The van der Waals surface area contributed by atoms with E-state index in [9.17, 15) is 13.6 Å². The van der Waals surface area contributed by atoms with Crippen LogP contribution >= 0.6 is 0 Å². The van der Waals surface area contributed by atoms with Crippen LogP contribution in [-0.4, -0.2) is 50.8 Å². The zero-order valence-electron chi connectivity index (χ0n) is 13.6. The van der Waals surface area contributed by atoms with Crippen LogP contribution in [0.25, 0.3) is 0 Å². The van der Waals surface area contributed by atoms with Gasteiger partial charge in [0.25, 0.3) is 6.43 Å². The number of halogens is 2. The summed E-state index contributed by atoms with van der Waals surface area (Å²) in [5.74, 6) is 0.771. The fraction of sp³-hybridized carbons (Fsp3) is 0.562. The monoisotopic (exact) mass is 328 g/mol. The molecule has 0 saturated heterocycles. The highest BCUT2D eigenvalue weighted by atomic mass is 19.3. The summed E-state index contributed by atoms with van der Waals surface area (Å²) in [4.78, 5) is 13.3. The van der Waals surface area contributed by atoms with Crippen LogP contribution in [0.3, 0.4) is 0 Å². The lowest BCUT2D eigenvalue weighted by molar-refractivity contribution is 0.0823. The number of carbonyl (C=O) groups excluding carboxylic acids is 1. The maximum absolute atomic E-state index is 12.6. The van der Waals surface area contributed by atoms with E-state index in [4.69, 9.17) is 9.47 Å². The Balaban J connectivity index is 2.07. The minimum atomic E-state index is -2.59. The quantitative estimate of drug-likeness (QED) is 0.873. The fourth-order valence-electron chi connectivity index (χ4n) is 2.54. The van der Waals surface area contributed by atoms with E-state index >= 15 is 0 Å². The minimum absolute atomic E-state index is 0.111. The van der Waals surface area contributed by atoms with Crippen molar-refractivity contribution >= 4 is 6.03 Å². The molecule has 5 nitrogen and oxygen atoms in total. The third-order valence-electron chi connectivity index (χ3n) is 3.99. The number of nitrogens with zero attached hydrogens (tertiary/aromatic N) is 1.